The van der Waals surface area contributed by atoms with Crippen molar-refractivity contribution < 1.29 is 4.79 Å². The summed E-state index contributed by atoms with van der Waals surface area (Å²) in [6.07, 6.45) is 1.13. The van der Waals surface area contributed by atoms with Gasteiger partial charge in [-0.15, -0.1) is 0 Å². The highest BCUT2D eigenvalue weighted by molar-refractivity contribution is 6.31. The first-order chi connectivity index (χ1) is 6.19. The average molecular weight is 194 g/mol. The van der Waals surface area contributed by atoms with E-state index >= 15 is 0 Å². The van der Waals surface area contributed by atoms with Crippen molar-refractivity contribution in [3.05, 3.63) is 39.7 Å². The van der Waals surface area contributed by atoms with Gasteiger partial charge in [-0.25, -0.2) is 4.85 Å². The number of nitrogens with zero attached hydrogens (tertiary/aromatic N) is 1. The molecule has 1 rings (SSSR count). The molecule has 0 unspecified atom stereocenters. The third-order valence-corrected chi connectivity index (χ3v) is 2.09. The lowest BCUT2D eigenvalue weighted by molar-refractivity contribution is -0.107. The summed E-state index contributed by atoms with van der Waals surface area (Å²) in [5, 5.41) is 0.508. The van der Waals surface area contributed by atoms with Crippen LogP contribution in [0.15, 0.2) is 12.1 Å². The summed E-state index contributed by atoms with van der Waals surface area (Å²) in [4.78, 5) is 13.6. The van der Waals surface area contributed by atoms with E-state index in [4.69, 9.17) is 18.2 Å². The molecule has 13 heavy (non-hydrogen) atoms. The molecule has 3 heteroatoms. The molecule has 0 aliphatic carbocycles. The number of hydrogen-bond donors (Lipinski definition) is 0. The fourth-order valence-corrected chi connectivity index (χ4v) is 1.37. The van der Waals surface area contributed by atoms with Crippen LogP contribution in [-0.4, -0.2) is 6.29 Å². The number of hydrogen-bond acceptors (Lipinski definition) is 1. The molecule has 0 spiro atoms. The minimum atomic E-state index is 0.314. The predicted molar refractivity (Wildman–Crippen MR) is 52.2 cm³/mol. The highest BCUT2D eigenvalue weighted by Crippen LogP contribution is 2.27. The normalized spacial score (nSPS) is 9.31. The summed E-state index contributed by atoms with van der Waals surface area (Å²) in [6.45, 7) is 8.71. The Morgan fingerprint density at radius 1 is 1.62 bits per heavy atom. The molecule has 1 aromatic rings. The first-order valence-corrected chi connectivity index (χ1v) is 4.17. The molecule has 1 aromatic carbocycles. The first kappa shape index (κ1) is 9.76. The second-order valence-electron chi connectivity index (χ2n) is 2.69. The first-order valence-electron chi connectivity index (χ1n) is 3.79. The molecule has 2 nitrogen and oxygen atoms in total. The Bertz CT molecular complexity index is 379. The van der Waals surface area contributed by atoms with Crippen molar-refractivity contribution in [2.24, 2.45) is 0 Å². The van der Waals surface area contributed by atoms with E-state index in [-0.39, 0.29) is 0 Å². The standard InChI is InChI=1S/C10H8ClNO/c1-7-8(3-4-13)5-9(11)6-10(7)12-2/h4-6H,3H2,1H3. The molecule has 0 radical (unpaired) electrons. The quantitative estimate of drug-likeness (QED) is 0.523. The van der Waals surface area contributed by atoms with Crippen LogP contribution in [0.1, 0.15) is 11.1 Å². The summed E-state index contributed by atoms with van der Waals surface area (Å²) >= 11 is 5.78. The van der Waals surface area contributed by atoms with E-state index in [0.29, 0.717) is 17.1 Å². The Hall–Kier alpha value is -1.33. The van der Waals surface area contributed by atoms with Crippen molar-refractivity contribution in [2.45, 2.75) is 13.3 Å². The SMILES string of the molecule is [C-]#[N+]c1cc(Cl)cc(CC=O)c1C. The van der Waals surface area contributed by atoms with Gasteiger partial charge in [0.1, 0.15) is 6.29 Å². The summed E-state index contributed by atoms with van der Waals surface area (Å²) in [6, 6.07) is 3.33. The number of carbonyl (C=O) groups is 1. The van der Waals surface area contributed by atoms with Crippen molar-refractivity contribution in [3.8, 4) is 0 Å². The molecule has 0 saturated carbocycles. The Labute approximate surface area is 82.0 Å². The van der Waals surface area contributed by atoms with Crippen LogP contribution in [0.3, 0.4) is 0 Å². The fourth-order valence-electron chi connectivity index (χ4n) is 1.14. The molecule has 0 N–H and O–H groups in total. The van der Waals surface area contributed by atoms with E-state index in [0.717, 1.165) is 17.4 Å². The maximum atomic E-state index is 10.3. The maximum absolute atomic E-state index is 10.3. The molecule has 0 aliphatic heterocycles. The number of rotatable bonds is 2. The van der Waals surface area contributed by atoms with Crippen LogP contribution in [0, 0.1) is 13.5 Å². The van der Waals surface area contributed by atoms with Gasteiger partial charge in [0.15, 0.2) is 5.69 Å². The highest BCUT2D eigenvalue weighted by Gasteiger charge is 2.05. The Morgan fingerprint density at radius 2 is 2.31 bits per heavy atom. The number of halogens is 1. The van der Waals surface area contributed by atoms with E-state index in [2.05, 4.69) is 4.85 Å². The zero-order valence-corrected chi connectivity index (χ0v) is 7.93. The van der Waals surface area contributed by atoms with Crippen LogP contribution in [0.25, 0.3) is 4.85 Å². The highest BCUT2D eigenvalue weighted by atomic mass is 35.5. The van der Waals surface area contributed by atoms with Gasteiger partial charge in [-0.05, 0) is 30.2 Å². The molecule has 0 aliphatic rings. The second kappa shape index (κ2) is 4.06. The summed E-state index contributed by atoms with van der Waals surface area (Å²) in [5.41, 5.74) is 2.18. The lowest BCUT2D eigenvalue weighted by atomic mass is 10.0. The number of carbonyl (C=O) groups excluding carboxylic acids is 1. The Morgan fingerprint density at radius 3 is 2.85 bits per heavy atom. The van der Waals surface area contributed by atoms with Gasteiger partial charge in [-0.1, -0.05) is 11.6 Å². The topological polar surface area (TPSA) is 21.4 Å². The van der Waals surface area contributed by atoms with Gasteiger partial charge in [-0.2, -0.15) is 0 Å². The van der Waals surface area contributed by atoms with Crippen LogP contribution < -0.4 is 0 Å². The van der Waals surface area contributed by atoms with Gasteiger partial charge in [0, 0.05) is 11.4 Å². The molecule has 0 aromatic heterocycles. The summed E-state index contributed by atoms with van der Waals surface area (Å²) < 4.78 is 0. The number of benzene rings is 1. The van der Waals surface area contributed by atoms with Crippen LogP contribution in [-0.2, 0) is 11.2 Å². The van der Waals surface area contributed by atoms with Gasteiger partial charge in [0.25, 0.3) is 0 Å². The molecular weight excluding hydrogens is 186 g/mol. The van der Waals surface area contributed by atoms with Gasteiger partial charge in [0.05, 0.1) is 6.57 Å². The smallest absolute Gasteiger partial charge is 0.191 e. The van der Waals surface area contributed by atoms with Gasteiger partial charge in [0.2, 0.25) is 0 Å². The van der Waals surface area contributed by atoms with Gasteiger partial charge < -0.3 is 4.79 Å². The van der Waals surface area contributed by atoms with E-state index in [9.17, 15) is 4.79 Å². The Kier molecular flexibility index (Phi) is 3.05. The largest absolute Gasteiger partial charge is 0.303 e. The van der Waals surface area contributed by atoms with Crippen molar-refractivity contribution in [2.75, 3.05) is 0 Å². The van der Waals surface area contributed by atoms with Crippen LogP contribution in [0.4, 0.5) is 5.69 Å². The Balaban J connectivity index is 3.28. The fraction of sp³-hybridized carbons (Fsp3) is 0.200. The van der Waals surface area contributed by atoms with E-state index in [1.54, 1.807) is 12.1 Å². The summed E-state index contributed by atoms with van der Waals surface area (Å²) in [7, 11) is 0. The van der Waals surface area contributed by atoms with Crippen LogP contribution in [0.5, 0.6) is 0 Å². The second-order valence-corrected chi connectivity index (χ2v) is 3.13. The minimum absolute atomic E-state index is 0.314. The molecule has 0 saturated heterocycles. The van der Waals surface area contributed by atoms with Gasteiger partial charge >= 0.3 is 0 Å². The monoisotopic (exact) mass is 193 g/mol. The molecule has 0 heterocycles. The van der Waals surface area contributed by atoms with Crippen molar-refractivity contribution in [3.63, 3.8) is 0 Å². The third-order valence-electron chi connectivity index (χ3n) is 1.88. The molecule has 0 atom stereocenters. The van der Waals surface area contributed by atoms with E-state index < -0.39 is 0 Å². The molecule has 0 amide bonds. The van der Waals surface area contributed by atoms with Gasteiger partial charge in [-0.3, -0.25) is 0 Å². The average Bonchev–Trinajstić information content (AvgIpc) is 2.11. The molecular formula is C10H8ClNO. The minimum Gasteiger partial charge on any atom is -0.303 e. The van der Waals surface area contributed by atoms with Crippen LogP contribution in [0.2, 0.25) is 5.02 Å². The third kappa shape index (κ3) is 2.07. The predicted octanol–water partition coefficient (Wildman–Crippen LogP) is 2.94. The van der Waals surface area contributed by atoms with Crippen molar-refractivity contribution >= 4 is 23.6 Å². The summed E-state index contributed by atoms with van der Waals surface area (Å²) in [5.74, 6) is 0. The van der Waals surface area contributed by atoms with E-state index in [1.165, 1.54) is 0 Å². The lowest BCUT2D eigenvalue weighted by Crippen LogP contribution is -1.90. The number of aldehydes is 1. The zero-order valence-electron chi connectivity index (χ0n) is 7.17. The molecule has 66 valence electrons. The van der Waals surface area contributed by atoms with Crippen molar-refractivity contribution in [1.82, 2.24) is 0 Å². The molecule has 0 bridgehead atoms. The molecule has 0 fully saturated rings. The zero-order chi connectivity index (χ0) is 9.84. The van der Waals surface area contributed by atoms with Crippen LogP contribution >= 0.6 is 11.6 Å². The maximum Gasteiger partial charge on any atom is 0.191 e. The van der Waals surface area contributed by atoms with Crippen molar-refractivity contribution in [1.29, 1.82) is 0 Å². The van der Waals surface area contributed by atoms with E-state index in [1.807, 2.05) is 6.92 Å². The lowest BCUT2D eigenvalue weighted by Gasteiger charge is -2.04.